The smallest absolute Gasteiger partial charge is 0.173 e. The van der Waals surface area contributed by atoms with Crippen LogP contribution < -0.4 is 0 Å². The summed E-state index contributed by atoms with van der Waals surface area (Å²) in [4.78, 5) is 12.4. The van der Waals surface area contributed by atoms with Gasteiger partial charge in [0.05, 0.1) is 0 Å². The zero-order chi connectivity index (χ0) is 15.7. The number of rotatable bonds is 0. The van der Waals surface area contributed by atoms with Gasteiger partial charge in [0.15, 0.2) is 12.0 Å². The van der Waals surface area contributed by atoms with Gasteiger partial charge in [0.1, 0.15) is 0 Å². The van der Waals surface area contributed by atoms with Crippen LogP contribution >= 0.6 is 0 Å². The monoisotopic (exact) mass is 304 g/mol. The first-order valence-electron chi connectivity index (χ1n) is 9.24. The van der Waals surface area contributed by atoms with Gasteiger partial charge in [-0.2, -0.15) is 0 Å². The Balaban J connectivity index is 1.70. The number of alkyl halides is 1. The van der Waals surface area contributed by atoms with Gasteiger partial charge in [0, 0.05) is 5.41 Å². The van der Waals surface area contributed by atoms with Crippen LogP contribution in [0, 0.1) is 34.5 Å². The average Bonchev–Trinajstić information content (AvgIpc) is 2.72. The van der Waals surface area contributed by atoms with Gasteiger partial charge in [-0.3, -0.25) is 4.79 Å². The molecule has 0 bridgehead atoms. The van der Waals surface area contributed by atoms with Gasteiger partial charge in [0.25, 0.3) is 0 Å². The van der Waals surface area contributed by atoms with Crippen LogP contribution in [0.1, 0.15) is 65.7 Å². The van der Waals surface area contributed by atoms with Crippen molar-refractivity contribution in [2.45, 2.75) is 71.9 Å². The highest BCUT2D eigenvalue weighted by Gasteiger charge is 2.61. The Labute approximate surface area is 133 Å². The second-order valence-electron chi connectivity index (χ2n) is 9.13. The highest BCUT2D eigenvalue weighted by atomic mass is 19.1. The van der Waals surface area contributed by atoms with Gasteiger partial charge in [-0.1, -0.05) is 32.4 Å². The summed E-state index contributed by atoms with van der Waals surface area (Å²) in [5, 5.41) is 0. The second kappa shape index (κ2) is 4.68. The lowest BCUT2D eigenvalue weighted by molar-refractivity contribution is -0.134. The molecule has 0 amide bonds. The van der Waals surface area contributed by atoms with Crippen LogP contribution in [0.2, 0.25) is 0 Å². The molecule has 0 aromatic rings. The Kier molecular flexibility index (Phi) is 3.17. The summed E-state index contributed by atoms with van der Waals surface area (Å²) in [6.07, 6.45) is 8.77. The first-order valence-corrected chi connectivity index (χ1v) is 9.24. The van der Waals surface area contributed by atoms with Crippen LogP contribution in [-0.4, -0.2) is 12.0 Å². The minimum Gasteiger partial charge on any atom is -0.296 e. The zero-order valence-electron chi connectivity index (χ0n) is 14.2. The Morgan fingerprint density at radius 1 is 1.14 bits per heavy atom. The molecule has 122 valence electrons. The molecular formula is C20H29FO. The Bertz CT molecular complexity index is 538. The molecule has 3 saturated carbocycles. The quantitative estimate of drug-likeness (QED) is 0.569. The summed E-state index contributed by atoms with van der Waals surface area (Å²) in [6, 6.07) is 0. The molecule has 0 radical (unpaired) electrons. The first kappa shape index (κ1) is 14.9. The van der Waals surface area contributed by atoms with Gasteiger partial charge < -0.3 is 0 Å². The Morgan fingerprint density at radius 2 is 1.86 bits per heavy atom. The van der Waals surface area contributed by atoms with Crippen LogP contribution in [0.4, 0.5) is 4.39 Å². The second-order valence-corrected chi connectivity index (χ2v) is 9.13. The third-order valence-electron chi connectivity index (χ3n) is 8.05. The summed E-state index contributed by atoms with van der Waals surface area (Å²) < 4.78 is 14.1. The minimum atomic E-state index is -1.20. The molecule has 0 saturated heterocycles. The van der Waals surface area contributed by atoms with Crippen molar-refractivity contribution in [3.8, 4) is 0 Å². The van der Waals surface area contributed by atoms with Crippen molar-refractivity contribution in [2.75, 3.05) is 0 Å². The summed E-state index contributed by atoms with van der Waals surface area (Å²) >= 11 is 0. The van der Waals surface area contributed by atoms with Crippen molar-refractivity contribution in [3.63, 3.8) is 0 Å². The van der Waals surface area contributed by atoms with Crippen molar-refractivity contribution >= 4 is 5.78 Å². The van der Waals surface area contributed by atoms with E-state index < -0.39 is 6.17 Å². The molecule has 4 aliphatic rings. The van der Waals surface area contributed by atoms with Gasteiger partial charge in [-0.15, -0.1) is 0 Å². The van der Waals surface area contributed by atoms with E-state index in [-0.39, 0.29) is 17.1 Å². The van der Waals surface area contributed by atoms with E-state index in [2.05, 4.69) is 26.8 Å². The fourth-order valence-electron chi connectivity index (χ4n) is 6.59. The number of ketones is 1. The van der Waals surface area contributed by atoms with Crippen LogP contribution in [0.5, 0.6) is 0 Å². The number of carbonyl (C=O) groups is 1. The molecule has 4 aliphatic carbocycles. The van der Waals surface area contributed by atoms with E-state index >= 15 is 0 Å². The normalized spacial score (nSPS) is 54.3. The predicted octanol–water partition coefficient (Wildman–Crippen LogP) is 5.10. The predicted molar refractivity (Wildman–Crippen MR) is 86.2 cm³/mol. The molecule has 0 aromatic carbocycles. The molecule has 2 heteroatoms. The van der Waals surface area contributed by atoms with Gasteiger partial charge in [-0.05, 0) is 74.0 Å². The summed E-state index contributed by atoms with van der Waals surface area (Å²) in [6.45, 7) is 6.89. The first-order chi connectivity index (χ1) is 10.4. The maximum Gasteiger partial charge on any atom is 0.173 e. The van der Waals surface area contributed by atoms with Crippen molar-refractivity contribution < 1.29 is 9.18 Å². The van der Waals surface area contributed by atoms with Crippen molar-refractivity contribution in [1.82, 2.24) is 0 Å². The molecule has 22 heavy (non-hydrogen) atoms. The number of hydrogen-bond acceptors (Lipinski definition) is 1. The molecular weight excluding hydrogens is 275 g/mol. The van der Waals surface area contributed by atoms with Gasteiger partial charge in [0.2, 0.25) is 0 Å². The number of hydrogen-bond donors (Lipinski definition) is 0. The topological polar surface area (TPSA) is 17.1 Å². The standard InChI is InChI=1S/C20H29FO/c1-12-6-8-19(2)13(10-12)4-5-14-15(19)7-9-20(3)16(14)11-17(21)18(20)22/h4,12,14-17H,5-11H2,1-3H3/t12-,14+,15-,16-,17+,19-,20-/m0/s1. The molecule has 0 aromatic heterocycles. The third kappa shape index (κ3) is 1.79. The fourth-order valence-corrected chi connectivity index (χ4v) is 6.59. The summed E-state index contributed by atoms with van der Waals surface area (Å²) in [5.41, 5.74) is 1.63. The molecule has 7 atom stereocenters. The zero-order valence-corrected chi connectivity index (χ0v) is 14.2. The molecule has 1 nitrogen and oxygen atoms in total. The number of fused-ring (bicyclic) bond motifs is 5. The maximum absolute atomic E-state index is 14.1. The highest BCUT2D eigenvalue weighted by Crippen LogP contribution is 2.64. The van der Waals surface area contributed by atoms with Crippen LogP contribution in [-0.2, 0) is 4.79 Å². The highest BCUT2D eigenvalue weighted by molar-refractivity contribution is 5.91. The van der Waals surface area contributed by atoms with E-state index in [1.54, 1.807) is 5.57 Å². The van der Waals surface area contributed by atoms with Crippen molar-refractivity contribution in [1.29, 1.82) is 0 Å². The molecule has 4 rings (SSSR count). The van der Waals surface area contributed by atoms with Crippen molar-refractivity contribution in [3.05, 3.63) is 11.6 Å². The Morgan fingerprint density at radius 3 is 2.64 bits per heavy atom. The molecule has 0 spiro atoms. The molecule has 3 fully saturated rings. The lowest BCUT2D eigenvalue weighted by Crippen LogP contribution is -2.50. The molecule has 0 heterocycles. The lowest BCUT2D eigenvalue weighted by Gasteiger charge is -2.56. The third-order valence-corrected chi connectivity index (χ3v) is 8.05. The van der Waals surface area contributed by atoms with Crippen molar-refractivity contribution in [2.24, 2.45) is 34.5 Å². The largest absolute Gasteiger partial charge is 0.296 e. The van der Waals surface area contributed by atoms with E-state index in [0.29, 0.717) is 23.7 Å². The SMILES string of the molecule is C[C@H]1CC[C@@]2(C)C(=CC[C@@H]3[C@@H]2CC[C@]2(C)C(=O)[C@H](F)C[C@@H]32)C1. The number of carbonyl (C=O) groups excluding carboxylic acids is 1. The fraction of sp³-hybridized carbons (Fsp3) is 0.850. The number of halogens is 1. The summed E-state index contributed by atoms with van der Waals surface area (Å²) in [5.74, 6) is 2.21. The Hall–Kier alpha value is -0.660. The van der Waals surface area contributed by atoms with Crippen LogP contribution in [0.3, 0.4) is 0 Å². The maximum atomic E-state index is 14.1. The average molecular weight is 304 g/mol. The van der Waals surface area contributed by atoms with Gasteiger partial charge >= 0.3 is 0 Å². The van der Waals surface area contributed by atoms with E-state index in [0.717, 1.165) is 25.2 Å². The van der Waals surface area contributed by atoms with Gasteiger partial charge in [-0.25, -0.2) is 4.39 Å². The number of allylic oxidation sites excluding steroid dienone is 2. The van der Waals surface area contributed by atoms with E-state index in [9.17, 15) is 9.18 Å². The minimum absolute atomic E-state index is 0.0897. The van der Waals surface area contributed by atoms with Crippen LogP contribution in [0.25, 0.3) is 0 Å². The van der Waals surface area contributed by atoms with E-state index in [1.807, 2.05) is 0 Å². The van der Waals surface area contributed by atoms with E-state index in [1.165, 1.54) is 19.3 Å². The molecule has 0 N–H and O–H groups in total. The molecule has 0 unspecified atom stereocenters. The van der Waals surface area contributed by atoms with Crippen LogP contribution in [0.15, 0.2) is 11.6 Å². The summed E-state index contributed by atoms with van der Waals surface area (Å²) in [7, 11) is 0. The molecule has 0 aliphatic heterocycles. The number of Topliss-reactive ketones (excluding diaryl/α,β-unsaturated/α-hetero) is 1. The lowest BCUT2D eigenvalue weighted by atomic mass is 9.47. The van der Waals surface area contributed by atoms with E-state index in [4.69, 9.17) is 0 Å².